The Morgan fingerprint density at radius 2 is 1.69 bits per heavy atom. The van der Waals surface area contributed by atoms with Gasteiger partial charge in [-0.2, -0.15) is 0 Å². The smallest absolute Gasteiger partial charge is 0.303 e. The monoisotopic (exact) mass is 491 g/mol. The second-order valence-electron chi connectivity index (χ2n) is 7.36. The van der Waals surface area contributed by atoms with Gasteiger partial charge < -0.3 is 9.84 Å². The zero-order valence-corrected chi connectivity index (χ0v) is 19.1. The predicted molar refractivity (Wildman–Crippen MR) is 124 cm³/mol. The van der Waals surface area contributed by atoms with Gasteiger partial charge in [0.05, 0.1) is 17.1 Å². The fraction of sp³-hybridized carbons (Fsp3) is 0.174. The van der Waals surface area contributed by atoms with E-state index in [0.717, 1.165) is 11.1 Å². The Balaban J connectivity index is 1.80. The molecule has 1 aliphatic heterocycles. The summed E-state index contributed by atoms with van der Waals surface area (Å²) in [6.07, 6.45) is -0.567. The Bertz CT molecular complexity index is 1280. The molecule has 0 fully saturated rings. The highest BCUT2D eigenvalue weighted by atomic mass is 35.5. The van der Waals surface area contributed by atoms with Crippen molar-refractivity contribution in [1.82, 2.24) is 0 Å². The molecule has 1 atom stereocenters. The van der Waals surface area contributed by atoms with Crippen molar-refractivity contribution in [1.29, 1.82) is 0 Å². The maximum atomic E-state index is 13.6. The summed E-state index contributed by atoms with van der Waals surface area (Å²) in [5.41, 5.74) is 1.97. The molecule has 1 heterocycles. The van der Waals surface area contributed by atoms with Crippen molar-refractivity contribution >= 4 is 44.9 Å². The molecule has 0 unspecified atom stereocenters. The summed E-state index contributed by atoms with van der Waals surface area (Å²) in [5.74, 6) is -0.608. The van der Waals surface area contributed by atoms with E-state index in [1.165, 1.54) is 16.4 Å². The van der Waals surface area contributed by atoms with Crippen LogP contribution in [0.3, 0.4) is 0 Å². The van der Waals surface area contributed by atoms with Gasteiger partial charge in [-0.25, -0.2) is 8.42 Å². The fourth-order valence-electron chi connectivity index (χ4n) is 3.58. The van der Waals surface area contributed by atoms with Crippen LogP contribution in [0.5, 0.6) is 5.75 Å². The van der Waals surface area contributed by atoms with Crippen LogP contribution in [0.4, 0.5) is 5.69 Å². The first-order chi connectivity index (χ1) is 15.2. The standard InChI is InChI=1S/C23H19Cl2NO5S/c24-17-4-1-3-15(11-17)16-7-9-22-21(12-16)26(14-19(31-22)8-10-23(27)28)32(29,30)20-6-2-5-18(25)13-20/h1-7,9,11-13,19H,8,10,14H2,(H,27,28)/t19-/m0/s1. The molecule has 0 bridgehead atoms. The predicted octanol–water partition coefficient (Wildman–Crippen LogP) is 5.48. The van der Waals surface area contributed by atoms with Gasteiger partial charge in [0, 0.05) is 16.5 Å². The quantitative estimate of drug-likeness (QED) is 0.493. The van der Waals surface area contributed by atoms with E-state index in [9.17, 15) is 13.2 Å². The van der Waals surface area contributed by atoms with Crippen molar-refractivity contribution < 1.29 is 23.1 Å². The van der Waals surface area contributed by atoms with E-state index >= 15 is 0 Å². The zero-order valence-electron chi connectivity index (χ0n) is 16.7. The Labute approximate surface area is 196 Å². The van der Waals surface area contributed by atoms with Gasteiger partial charge in [0.2, 0.25) is 0 Å². The molecule has 6 nitrogen and oxygen atoms in total. The lowest BCUT2D eigenvalue weighted by Crippen LogP contribution is -2.43. The molecule has 4 rings (SSSR count). The molecular formula is C23H19Cl2NO5S. The van der Waals surface area contributed by atoms with Crippen LogP contribution < -0.4 is 9.04 Å². The molecule has 166 valence electrons. The van der Waals surface area contributed by atoms with E-state index in [1.807, 2.05) is 18.2 Å². The molecule has 32 heavy (non-hydrogen) atoms. The van der Waals surface area contributed by atoms with E-state index in [1.54, 1.807) is 36.4 Å². The van der Waals surface area contributed by atoms with Gasteiger partial charge in [-0.3, -0.25) is 9.10 Å². The number of benzene rings is 3. The number of aliphatic carboxylic acids is 1. The highest BCUT2D eigenvalue weighted by Crippen LogP contribution is 2.41. The third-order valence-electron chi connectivity index (χ3n) is 5.11. The number of fused-ring (bicyclic) bond motifs is 1. The Hall–Kier alpha value is -2.74. The summed E-state index contributed by atoms with van der Waals surface area (Å²) in [5, 5.41) is 9.91. The highest BCUT2D eigenvalue weighted by molar-refractivity contribution is 7.92. The summed E-state index contributed by atoms with van der Waals surface area (Å²) < 4.78 is 34.3. The van der Waals surface area contributed by atoms with Crippen LogP contribution in [0.1, 0.15) is 12.8 Å². The molecule has 0 saturated heterocycles. The molecule has 0 spiro atoms. The topological polar surface area (TPSA) is 83.9 Å². The summed E-state index contributed by atoms with van der Waals surface area (Å²) in [6.45, 7) is -0.0197. The average Bonchev–Trinajstić information content (AvgIpc) is 2.76. The number of rotatable bonds is 6. The Kier molecular flexibility index (Phi) is 6.33. The number of carboxylic acids is 1. The average molecular weight is 492 g/mol. The van der Waals surface area contributed by atoms with Crippen molar-refractivity contribution in [2.24, 2.45) is 0 Å². The summed E-state index contributed by atoms with van der Waals surface area (Å²) in [7, 11) is -3.98. The van der Waals surface area contributed by atoms with Crippen LogP contribution in [0.2, 0.25) is 10.0 Å². The number of anilines is 1. The number of sulfonamides is 1. The Morgan fingerprint density at radius 1 is 1.00 bits per heavy atom. The molecule has 0 saturated carbocycles. The number of carboxylic acid groups (broad SMARTS) is 1. The van der Waals surface area contributed by atoms with Gasteiger partial charge in [0.1, 0.15) is 11.9 Å². The maximum absolute atomic E-state index is 13.6. The first kappa shape index (κ1) is 22.5. The molecule has 0 aliphatic carbocycles. The SMILES string of the molecule is O=C(O)CC[C@H]1CN(S(=O)(=O)c2cccc(Cl)c2)c2cc(-c3cccc(Cl)c3)ccc2O1. The molecule has 1 N–H and O–H groups in total. The molecule has 0 radical (unpaired) electrons. The van der Waals surface area contributed by atoms with Crippen LogP contribution >= 0.6 is 23.2 Å². The minimum absolute atomic E-state index is 0.0197. The van der Waals surface area contributed by atoms with Crippen molar-refractivity contribution in [2.45, 2.75) is 23.8 Å². The fourth-order valence-corrected chi connectivity index (χ4v) is 5.57. The van der Waals surface area contributed by atoms with Crippen molar-refractivity contribution in [2.75, 3.05) is 10.8 Å². The number of carbonyl (C=O) groups is 1. The largest absolute Gasteiger partial charge is 0.486 e. The minimum Gasteiger partial charge on any atom is -0.486 e. The van der Waals surface area contributed by atoms with Crippen LogP contribution in [0.25, 0.3) is 11.1 Å². The zero-order chi connectivity index (χ0) is 22.9. The maximum Gasteiger partial charge on any atom is 0.303 e. The molecule has 9 heteroatoms. The molecule has 0 aromatic heterocycles. The van der Waals surface area contributed by atoms with Crippen LogP contribution in [-0.4, -0.2) is 32.1 Å². The van der Waals surface area contributed by atoms with E-state index < -0.39 is 22.1 Å². The third-order valence-corrected chi connectivity index (χ3v) is 7.36. The lowest BCUT2D eigenvalue weighted by molar-refractivity contribution is -0.137. The van der Waals surface area contributed by atoms with E-state index in [0.29, 0.717) is 21.5 Å². The van der Waals surface area contributed by atoms with Gasteiger partial charge in [-0.1, -0.05) is 47.5 Å². The minimum atomic E-state index is -3.98. The van der Waals surface area contributed by atoms with Gasteiger partial charge in [-0.15, -0.1) is 0 Å². The summed E-state index contributed by atoms with van der Waals surface area (Å²) >= 11 is 12.2. The van der Waals surface area contributed by atoms with Crippen LogP contribution in [0, 0.1) is 0 Å². The molecule has 3 aromatic carbocycles. The third kappa shape index (κ3) is 4.70. The van der Waals surface area contributed by atoms with E-state index in [2.05, 4.69) is 0 Å². The lowest BCUT2D eigenvalue weighted by atomic mass is 10.0. The van der Waals surface area contributed by atoms with Crippen molar-refractivity contribution in [3.8, 4) is 16.9 Å². The first-order valence-electron chi connectivity index (χ1n) is 9.81. The number of hydrogen-bond acceptors (Lipinski definition) is 4. The van der Waals surface area contributed by atoms with Crippen molar-refractivity contribution in [3.63, 3.8) is 0 Å². The number of hydrogen-bond donors (Lipinski definition) is 1. The second-order valence-corrected chi connectivity index (χ2v) is 10.1. The lowest BCUT2D eigenvalue weighted by Gasteiger charge is -2.35. The molecular weight excluding hydrogens is 473 g/mol. The van der Waals surface area contributed by atoms with Gasteiger partial charge >= 0.3 is 5.97 Å². The first-order valence-corrected chi connectivity index (χ1v) is 12.0. The number of halogens is 2. The molecule has 1 aliphatic rings. The number of nitrogens with zero attached hydrogens (tertiary/aromatic N) is 1. The van der Waals surface area contributed by atoms with E-state index in [4.69, 9.17) is 33.0 Å². The normalized spacial score (nSPS) is 15.7. The van der Waals surface area contributed by atoms with Crippen LogP contribution in [0.15, 0.2) is 71.6 Å². The molecule has 0 amide bonds. The number of ether oxygens (including phenoxy) is 1. The molecule has 3 aromatic rings. The van der Waals surface area contributed by atoms with Crippen LogP contribution in [-0.2, 0) is 14.8 Å². The summed E-state index contributed by atoms with van der Waals surface area (Å²) in [6, 6.07) is 18.5. The van der Waals surface area contributed by atoms with Gasteiger partial charge in [-0.05, 0) is 60.0 Å². The Morgan fingerprint density at radius 3 is 2.38 bits per heavy atom. The van der Waals surface area contributed by atoms with E-state index in [-0.39, 0.29) is 24.3 Å². The van der Waals surface area contributed by atoms with Gasteiger partial charge in [0.15, 0.2) is 0 Å². The van der Waals surface area contributed by atoms with Gasteiger partial charge in [0.25, 0.3) is 10.0 Å². The second kappa shape index (κ2) is 9.02. The summed E-state index contributed by atoms with van der Waals surface area (Å²) in [4.78, 5) is 11.1. The van der Waals surface area contributed by atoms with Crippen molar-refractivity contribution in [3.05, 3.63) is 76.8 Å². The highest BCUT2D eigenvalue weighted by Gasteiger charge is 2.35.